The predicted octanol–water partition coefficient (Wildman–Crippen LogP) is 1.31. The number of fused-ring (bicyclic) bond motifs is 1. The van der Waals surface area contributed by atoms with Crippen molar-refractivity contribution in [3.8, 4) is 0 Å². The molecular weight excluding hydrogens is 341 g/mol. The molecule has 1 fully saturated rings. The Bertz CT molecular complexity index is 733. The van der Waals surface area contributed by atoms with Crippen LogP contribution in [0.3, 0.4) is 0 Å². The first-order chi connectivity index (χ1) is 12.4. The van der Waals surface area contributed by atoms with Gasteiger partial charge in [0.05, 0.1) is 12.5 Å². The van der Waals surface area contributed by atoms with E-state index in [1.54, 1.807) is 0 Å². The van der Waals surface area contributed by atoms with Crippen LogP contribution in [0.1, 0.15) is 37.7 Å². The number of carboxylic acids is 1. The second-order valence-electron chi connectivity index (χ2n) is 6.82. The number of amides is 2. The molecule has 2 amide bonds. The maximum absolute atomic E-state index is 13.4. The van der Waals surface area contributed by atoms with E-state index in [0.717, 1.165) is 0 Å². The third kappa shape index (κ3) is 3.85. The molecule has 1 saturated carbocycles. The monoisotopic (exact) mass is 363 g/mol. The van der Waals surface area contributed by atoms with Crippen LogP contribution in [0, 0.1) is 5.82 Å². The van der Waals surface area contributed by atoms with E-state index < -0.39 is 17.7 Å². The third-order valence-corrected chi connectivity index (χ3v) is 5.09. The standard InChI is InChI=1S/C18H22FN3O4/c1-2-22(9-17(24)25)12-6-11(7-12)20-18(26)14-8-16(23)21-15-5-10(19)3-4-13(14)15/h3-5,11-12,14H,2,6-9H2,1H3,(H,20,26)(H,21,23)(H,24,25). The number of aliphatic carboxylic acids is 1. The second kappa shape index (κ2) is 7.41. The van der Waals surface area contributed by atoms with E-state index in [1.807, 2.05) is 11.8 Å². The van der Waals surface area contributed by atoms with Gasteiger partial charge in [0, 0.05) is 24.2 Å². The maximum Gasteiger partial charge on any atom is 0.317 e. The first kappa shape index (κ1) is 18.3. The van der Waals surface area contributed by atoms with E-state index in [-0.39, 0.29) is 36.9 Å². The number of hydrogen-bond acceptors (Lipinski definition) is 4. The van der Waals surface area contributed by atoms with Crippen LogP contribution >= 0.6 is 0 Å². The molecular formula is C18H22FN3O4. The number of hydrogen-bond donors (Lipinski definition) is 3. The van der Waals surface area contributed by atoms with Crippen molar-refractivity contribution in [1.82, 2.24) is 10.2 Å². The van der Waals surface area contributed by atoms with Crippen LogP contribution in [-0.4, -0.2) is 53.0 Å². The highest BCUT2D eigenvalue weighted by Crippen LogP contribution is 2.34. The highest BCUT2D eigenvalue weighted by molar-refractivity contribution is 6.01. The Morgan fingerprint density at radius 1 is 1.38 bits per heavy atom. The number of halogens is 1. The van der Waals surface area contributed by atoms with Crippen molar-refractivity contribution < 1.29 is 23.9 Å². The van der Waals surface area contributed by atoms with Gasteiger partial charge in [0.15, 0.2) is 0 Å². The van der Waals surface area contributed by atoms with Gasteiger partial charge in [0.1, 0.15) is 5.82 Å². The lowest BCUT2D eigenvalue weighted by Crippen LogP contribution is -2.55. The normalized spacial score (nSPS) is 24.4. The molecule has 0 spiro atoms. The van der Waals surface area contributed by atoms with Crippen LogP contribution < -0.4 is 10.6 Å². The van der Waals surface area contributed by atoms with Crippen molar-refractivity contribution in [3.05, 3.63) is 29.6 Å². The Morgan fingerprint density at radius 3 is 2.77 bits per heavy atom. The largest absolute Gasteiger partial charge is 0.480 e. The minimum absolute atomic E-state index is 0.0103. The molecule has 140 valence electrons. The average Bonchev–Trinajstić information content (AvgIpc) is 2.54. The van der Waals surface area contributed by atoms with Crippen LogP contribution in [0.5, 0.6) is 0 Å². The van der Waals surface area contributed by atoms with E-state index in [9.17, 15) is 18.8 Å². The summed E-state index contributed by atoms with van der Waals surface area (Å²) in [6.45, 7) is 2.54. The Kier molecular flexibility index (Phi) is 5.22. The molecule has 0 saturated heterocycles. The molecule has 2 aliphatic rings. The van der Waals surface area contributed by atoms with Gasteiger partial charge in [0.25, 0.3) is 0 Å². The molecule has 1 aromatic rings. The van der Waals surface area contributed by atoms with Crippen molar-refractivity contribution >= 4 is 23.5 Å². The van der Waals surface area contributed by atoms with Gasteiger partial charge < -0.3 is 15.7 Å². The predicted molar refractivity (Wildman–Crippen MR) is 92.2 cm³/mol. The number of carbonyl (C=O) groups excluding carboxylic acids is 2. The fraction of sp³-hybridized carbons (Fsp3) is 0.500. The first-order valence-corrected chi connectivity index (χ1v) is 8.73. The Hall–Kier alpha value is -2.48. The van der Waals surface area contributed by atoms with Gasteiger partial charge in [-0.05, 0) is 37.1 Å². The fourth-order valence-corrected chi connectivity index (χ4v) is 3.65. The van der Waals surface area contributed by atoms with E-state index in [0.29, 0.717) is 30.6 Å². The number of rotatable bonds is 6. The molecule has 1 aliphatic carbocycles. The minimum Gasteiger partial charge on any atom is -0.480 e. The van der Waals surface area contributed by atoms with Gasteiger partial charge >= 0.3 is 5.97 Å². The summed E-state index contributed by atoms with van der Waals surface area (Å²) in [7, 11) is 0. The SMILES string of the molecule is CCN(CC(=O)O)C1CC(NC(=O)C2CC(=O)Nc3cc(F)ccc32)C1. The van der Waals surface area contributed by atoms with Crippen LogP contribution in [0.25, 0.3) is 0 Å². The summed E-state index contributed by atoms with van der Waals surface area (Å²) in [5, 5.41) is 14.5. The lowest BCUT2D eigenvalue weighted by Gasteiger charge is -2.42. The molecule has 0 bridgehead atoms. The third-order valence-electron chi connectivity index (χ3n) is 5.09. The van der Waals surface area contributed by atoms with E-state index in [2.05, 4.69) is 10.6 Å². The van der Waals surface area contributed by atoms with Gasteiger partial charge in [-0.25, -0.2) is 4.39 Å². The van der Waals surface area contributed by atoms with Crippen LogP contribution in [-0.2, 0) is 14.4 Å². The van der Waals surface area contributed by atoms with Crippen molar-refractivity contribution in [2.45, 2.75) is 44.2 Å². The van der Waals surface area contributed by atoms with Crippen molar-refractivity contribution in [2.75, 3.05) is 18.4 Å². The Morgan fingerprint density at radius 2 is 2.12 bits per heavy atom. The zero-order valence-electron chi connectivity index (χ0n) is 14.5. The maximum atomic E-state index is 13.4. The van der Waals surface area contributed by atoms with Gasteiger partial charge in [0.2, 0.25) is 11.8 Å². The molecule has 1 unspecified atom stereocenters. The smallest absolute Gasteiger partial charge is 0.317 e. The van der Waals surface area contributed by atoms with Gasteiger partial charge in [-0.15, -0.1) is 0 Å². The van der Waals surface area contributed by atoms with Crippen LogP contribution in [0.2, 0.25) is 0 Å². The second-order valence-corrected chi connectivity index (χ2v) is 6.82. The number of nitrogens with zero attached hydrogens (tertiary/aromatic N) is 1. The summed E-state index contributed by atoms with van der Waals surface area (Å²) in [5.41, 5.74) is 0.951. The molecule has 1 heterocycles. The topological polar surface area (TPSA) is 98.7 Å². The number of benzene rings is 1. The molecule has 3 N–H and O–H groups in total. The Labute approximate surface area is 150 Å². The lowest BCUT2D eigenvalue weighted by molar-refractivity contribution is -0.139. The number of carboxylic acid groups (broad SMARTS) is 1. The van der Waals surface area contributed by atoms with Crippen molar-refractivity contribution in [2.24, 2.45) is 0 Å². The molecule has 7 nitrogen and oxygen atoms in total. The van der Waals surface area contributed by atoms with Gasteiger partial charge in [-0.3, -0.25) is 19.3 Å². The summed E-state index contributed by atoms with van der Waals surface area (Å²) >= 11 is 0. The average molecular weight is 363 g/mol. The summed E-state index contributed by atoms with van der Waals surface area (Å²) in [6.07, 6.45) is 1.39. The number of nitrogens with one attached hydrogen (secondary N) is 2. The minimum atomic E-state index is -0.864. The zero-order valence-corrected chi connectivity index (χ0v) is 14.5. The molecule has 0 radical (unpaired) electrons. The molecule has 1 aliphatic heterocycles. The zero-order chi connectivity index (χ0) is 18.8. The summed E-state index contributed by atoms with van der Waals surface area (Å²) < 4.78 is 13.4. The van der Waals surface area contributed by atoms with E-state index >= 15 is 0 Å². The number of anilines is 1. The first-order valence-electron chi connectivity index (χ1n) is 8.73. The Balaban J connectivity index is 1.60. The highest BCUT2D eigenvalue weighted by Gasteiger charge is 2.37. The van der Waals surface area contributed by atoms with E-state index in [4.69, 9.17) is 5.11 Å². The molecule has 3 rings (SSSR count). The molecule has 0 aromatic heterocycles. The summed E-state index contributed by atoms with van der Waals surface area (Å²) in [5.74, 6) is -2.54. The summed E-state index contributed by atoms with van der Waals surface area (Å²) in [4.78, 5) is 37.2. The lowest BCUT2D eigenvalue weighted by atomic mass is 9.83. The van der Waals surface area contributed by atoms with Gasteiger partial charge in [-0.2, -0.15) is 0 Å². The molecule has 8 heteroatoms. The van der Waals surface area contributed by atoms with Crippen molar-refractivity contribution in [3.63, 3.8) is 0 Å². The number of likely N-dealkylation sites (N-methyl/N-ethyl adjacent to an activating group) is 1. The molecule has 1 atom stereocenters. The molecule has 1 aromatic carbocycles. The quantitative estimate of drug-likeness (QED) is 0.708. The van der Waals surface area contributed by atoms with Crippen molar-refractivity contribution in [1.29, 1.82) is 0 Å². The van der Waals surface area contributed by atoms with Crippen LogP contribution in [0.4, 0.5) is 10.1 Å². The summed E-state index contributed by atoms with van der Waals surface area (Å²) in [6, 6.07) is 4.13. The molecule has 26 heavy (non-hydrogen) atoms. The highest BCUT2D eigenvalue weighted by atomic mass is 19.1. The van der Waals surface area contributed by atoms with Crippen LogP contribution in [0.15, 0.2) is 18.2 Å². The van der Waals surface area contributed by atoms with E-state index in [1.165, 1.54) is 18.2 Å². The fourth-order valence-electron chi connectivity index (χ4n) is 3.65. The van der Waals surface area contributed by atoms with Gasteiger partial charge in [-0.1, -0.05) is 13.0 Å². The number of carbonyl (C=O) groups is 3.